The van der Waals surface area contributed by atoms with Crippen LogP contribution >= 0.6 is 0 Å². The number of hydrogen-bond acceptors (Lipinski definition) is 2. The number of ether oxygens (including phenoxy) is 1. The molecule has 0 radical (unpaired) electrons. The molecule has 0 spiro atoms. The van der Waals surface area contributed by atoms with Gasteiger partial charge in [0.15, 0.2) is 0 Å². The maximum absolute atomic E-state index is 9.48. The van der Waals surface area contributed by atoms with Gasteiger partial charge in [0.1, 0.15) is 5.75 Å². The fourth-order valence-corrected chi connectivity index (χ4v) is 1.59. The lowest BCUT2D eigenvalue weighted by molar-refractivity contribution is 0.176. The van der Waals surface area contributed by atoms with Crippen molar-refractivity contribution < 1.29 is 9.84 Å². The minimum absolute atomic E-state index is 0.333. The molecular formula is C8H11NO2. The van der Waals surface area contributed by atoms with Gasteiger partial charge < -0.3 is 14.4 Å². The third kappa shape index (κ3) is 0.844. The van der Waals surface area contributed by atoms with Crippen molar-refractivity contribution in [2.75, 3.05) is 7.11 Å². The van der Waals surface area contributed by atoms with E-state index in [0.717, 1.165) is 24.4 Å². The van der Waals surface area contributed by atoms with Crippen LogP contribution in [0, 0.1) is 0 Å². The third-order valence-corrected chi connectivity index (χ3v) is 2.15. The first-order valence-corrected chi connectivity index (χ1v) is 3.74. The Bertz CT molecular complexity index is 267. The summed E-state index contributed by atoms with van der Waals surface area (Å²) in [7, 11) is 1.63. The average molecular weight is 153 g/mol. The number of aryl methyl sites for hydroxylation is 1. The van der Waals surface area contributed by atoms with Gasteiger partial charge in [-0.1, -0.05) is 0 Å². The molecule has 1 aromatic rings. The Morgan fingerprint density at radius 1 is 1.73 bits per heavy atom. The van der Waals surface area contributed by atoms with Crippen molar-refractivity contribution in [1.29, 1.82) is 0 Å². The summed E-state index contributed by atoms with van der Waals surface area (Å²) < 4.78 is 7.12. The molecule has 2 rings (SSSR count). The summed E-state index contributed by atoms with van der Waals surface area (Å²) in [5.74, 6) is 0.801. The molecule has 3 heteroatoms. The quantitative estimate of drug-likeness (QED) is 0.651. The minimum Gasteiger partial charge on any atom is -0.495 e. The van der Waals surface area contributed by atoms with E-state index in [4.69, 9.17) is 4.74 Å². The molecule has 1 aliphatic rings. The van der Waals surface area contributed by atoms with Crippen molar-refractivity contribution in [2.24, 2.45) is 0 Å². The lowest BCUT2D eigenvalue weighted by Crippen LogP contribution is -1.94. The number of hydrogen-bond donors (Lipinski definition) is 1. The van der Waals surface area contributed by atoms with Crippen molar-refractivity contribution >= 4 is 0 Å². The van der Waals surface area contributed by atoms with E-state index < -0.39 is 0 Å². The number of aliphatic hydroxyl groups is 1. The van der Waals surface area contributed by atoms with Crippen molar-refractivity contribution in [3.05, 3.63) is 18.0 Å². The van der Waals surface area contributed by atoms with E-state index in [-0.39, 0.29) is 6.10 Å². The first-order chi connectivity index (χ1) is 5.33. The Morgan fingerprint density at radius 3 is 3.27 bits per heavy atom. The van der Waals surface area contributed by atoms with E-state index in [1.165, 1.54) is 0 Å². The molecule has 11 heavy (non-hydrogen) atoms. The molecule has 1 N–H and O–H groups in total. The number of nitrogens with zero attached hydrogens (tertiary/aromatic N) is 1. The summed E-state index contributed by atoms with van der Waals surface area (Å²) in [6, 6.07) is 1.89. The van der Waals surface area contributed by atoms with Crippen LogP contribution in [0.25, 0.3) is 0 Å². The predicted octanol–water partition coefficient (Wildman–Crippen LogP) is 0.934. The summed E-state index contributed by atoms with van der Waals surface area (Å²) in [6.07, 6.45) is 2.43. The zero-order valence-electron chi connectivity index (χ0n) is 6.45. The van der Waals surface area contributed by atoms with Crippen LogP contribution in [0.3, 0.4) is 0 Å². The Morgan fingerprint density at radius 2 is 2.55 bits per heavy atom. The van der Waals surface area contributed by atoms with Gasteiger partial charge in [-0.05, 0) is 12.5 Å². The van der Waals surface area contributed by atoms with Crippen LogP contribution in [-0.2, 0) is 6.54 Å². The molecule has 60 valence electrons. The van der Waals surface area contributed by atoms with Crippen LogP contribution in [0.5, 0.6) is 5.75 Å². The monoisotopic (exact) mass is 153 g/mol. The molecule has 0 bridgehead atoms. The molecule has 1 aliphatic heterocycles. The number of fused-ring (bicyclic) bond motifs is 1. The van der Waals surface area contributed by atoms with Crippen LogP contribution in [0.1, 0.15) is 18.2 Å². The van der Waals surface area contributed by atoms with Gasteiger partial charge >= 0.3 is 0 Å². The van der Waals surface area contributed by atoms with E-state index in [0.29, 0.717) is 0 Å². The molecule has 1 aromatic heterocycles. The van der Waals surface area contributed by atoms with Crippen molar-refractivity contribution in [2.45, 2.75) is 19.1 Å². The third-order valence-electron chi connectivity index (χ3n) is 2.15. The number of methoxy groups -OCH3 is 1. The second kappa shape index (κ2) is 2.27. The summed E-state index contributed by atoms with van der Waals surface area (Å²) >= 11 is 0. The van der Waals surface area contributed by atoms with Crippen molar-refractivity contribution in [1.82, 2.24) is 4.57 Å². The van der Waals surface area contributed by atoms with Crippen LogP contribution in [0.2, 0.25) is 0 Å². The molecule has 0 fully saturated rings. The lowest BCUT2D eigenvalue weighted by Gasteiger charge is -2.03. The van der Waals surface area contributed by atoms with E-state index in [1.807, 2.05) is 16.8 Å². The minimum atomic E-state index is -0.333. The normalized spacial score (nSPS) is 21.8. The topological polar surface area (TPSA) is 34.4 Å². The Labute approximate surface area is 65.2 Å². The molecule has 0 unspecified atom stereocenters. The summed E-state index contributed by atoms with van der Waals surface area (Å²) in [6.45, 7) is 0.903. The Balaban J connectivity index is 2.46. The maximum atomic E-state index is 9.48. The zero-order chi connectivity index (χ0) is 7.84. The highest BCUT2D eigenvalue weighted by atomic mass is 16.5. The zero-order valence-corrected chi connectivity index (χ0v) is 6.45. The highest BCUT2D eigenvalue weighted by Gasteiger charge is 2.23. The van der Waals surface area contributed by atoms with Crippen molar-refractivity contribution in [3.8, 4) is 5.75 Å². The van der Waals surface area contributed by atoms with Gasteiger partial charge in [0.2, 0.25) is 0 Å². The van der Waals surface area contributed by atoms with Crippen LogP contribution < -0.4 is 4.74 Å². The van der Waals surface area contributed by atoms with Gasteiger partial charge in [0, 0.05) is 12.7 Å². The fraction of sp³-hybridized carbons (Fsp3) is 0.500. The predicted molar refractivity (Wildman–Crippen MR) is 40.6 cm³/mol. The highest BCUT2D eigenvalue weighted by Crippen LogP contribution is 2.33. The maximum Gasteiger partial charge on any atom is 0.142 e. The Kier molecular flexibility index (Phi) is 1.39. The SMILES string of the molecule is COc1ccn2c1[C@H](O)CC2. The summed E-state index contributed by atoms with van der Waals surface area (Å²) in [5.41, 5.74) is 0.924. The van der Waals surface area contributed by atoms with E-state index in [2.05, 4.69) is 0 Å². The number of rotatable bonds is 1. The molecule has 3 nitrogen and oxygen atoms in total. The second-order valence-electron chi connectivity index (χ2n) is 2.77. The van der Waals surface area contributed by atoms with E-state index >= 15 is 0 Å². The molecule has 0 aliphatic carbocycles. The second-order valence-corrected chi connectivity index (χ2v) is 2.77. The van der Waals surface area contributed by atoms with Gasteiger partial charge in [-0.3, -0.25) is 0 Å². The van der Waals surface area contributed by atoms with Crippen LogP contribution in [0.15, 0.2) is 12.3 Å². The van der Waals surface area contributed by atoms with Crippen LogP contribution in [-0.4, -0.2) is 16.8 Å². The van der Waals surface area contributed by atoms with Gasteiger partial charge in [0.25, 0.3) is 0 Å². The molecule has 2 heterocycles. The van der Waals surface area contributed by atoms with Gasteiger partial charge in [0.05, 0.1) is 18.9 Å². The smallest absolute Gasteiger partial charge is 0.142 e. The first-order valence-electron chi connectivity index (χ1n) is 3.74. The fourth-order valence-electron chi connectivity index (χ4n) is 1.59. The highest BCUT2D eigenvalue weighted by molar-refractivity contribution is 5.32. The number of aliphatic hydroxyl groups excluding tert-OH is 1. The van der Waals surface area contributed by atoms with E-state index in [1.54, 1.807) is 7.11 Å². The number of aromatic nitrogens is 1. The Hall–Kier alpha value is -0.960. The molecule has 0 amide bonds. The molecule has 1 atom stereocenters. The summed E-state index contributed by atoms with van der Waals surface area (Å²) in [5, 5.41) is 9.48. The molecule has 0 saturated carbocycles. The van der Waals surface area contributed by atoms with E-state index in [9.17, 15) is 5.11 Å². The van der Waals surface area contributed by atoms with Crippen LogP contribution in [0.4, 0.5) is 0 Å². The molecule has 0 aromatic carbocycles. The van der Waals surface area contributed by atoms with Gasteiger partial charge in [-0.15, -0.1) is 0 Å². The molecule has 0 saturated heterocycles. The van der Waals surface area contributed by atoms with Gasteiger partial charge in [-0.25, -0.2) is 0 Å². The van der Waals surface area contributed by atoms with Gasteiger partial charge in [-0.2, -0.15) is 0 Å². The summed E-state index contributed by atoms with van der Waals surface area (Å²) in [4.78, 5) is 0. The first kappa shape index (κ1) is 6.73. The lowest BCUT2D eigenvalue weighted by atomic mass is 10.2. The standard InChI is InChI=1S/C8H11NO2/c1-11-7-3-5-9-4-2-6(10)8(7)9/h3,5-6,10H,2,4H2,1H3/t6-/m1/s1. The largest absolute Gasteiger partial charge is 0.495 e. The molecular weight excluding hydrogens is 142 g/mol. The van der Waals surface area contributed by atoms with Crippen molar-refractivity contribution in [3.63, 3.8) is 0 Å². The average Bonchev–Trinajstić information content (AvgIpc) is 2.54.